The van der Waals surface area contributed by atoms with Gasteiger partial charge in [-0.15, -0.1) is 10.2 Å². The summed E-state index contributed by atoms with van der Waals surface area (Å²) in [4.78, 5) is 16.7. The molecule has 8 heteroatoms. The molecule has 6 nitrogen and oxygen atoms in total. The van der Waals surface area contributed by atoms with E-state index in [1.165, 1.54) is 0 Å². The third kappa shape index (κ3) is 4.14. The van der Waals surface area contributed by atoms with Gasteiger partial charge in [0.1, 0.15) is 0 Å². The largest absolute Gasteiger partial charge is 0.353 e. The van der Waals surface area contributed by atoms with Gasteiger partial charge in [-0.1, -0.05) is 23.2 Å². The molecule has 1 fully saturated rings. The number of piperazine rings is 1. The van der Waals surface area contributed by atoms with Crippen LogP contribution in [-0.4, -0.2) is 54.2 Å². The lowest BCUT2D eigenvalue weighted by Gasteiger charge is -2.32. The molecule has 2 heterocycles. The molecule has 1 amide bonds. The topological polar surface area (TPSA) is 61.4 Å². The van der Waals surface area contributed by atoms with E-state index in [0.717, 1.165) is 32.0 Å². The standard InChI is InChI=1S/C16H17Cl2N5O/c1-22-4-6-23(7-5-22)15-3-2-14(20-21-15)16(24)19-13-9-11(17)8-12(18)10-13/h2-3,8-10H,4-7H2,1H3,(H,19,24). The van der Waals surface area contributed by atoms with Gasteiger partial charge >= 0.3 is 0 Å². The van der Waals surface area contributed by atoms with Gasteiger partial charge in [-0.3, -0.25) is 4.79 Å². The number of rotatable bonds is 3. The van der Waals surface area contributed by atoms with E-state index in [0.29, 0.717) is 15.7 Å². The Morgan fingerprint density at radius 1 is 1.04 bits per heavy atom. The van der Waals surface area contributed by atoms with Crippen LogP contribution in [0.4, 0.5) is 11.5 Å². The fourth-order valence-corrected chi connectivity index (χ4v) is 3.00. The second-order valence-corrected chi connectivity index (χ2v) is 6.55. The molecule has 3 rings (SSSR count). The molecular formula is C16H17Cl2N5O. The minimum atomic E-state index is -0.356. The number of anilines is 2. The van der Waals surface area contributed by atoms with E-state index in [2.05, 4.69) is 32.4 Å². The van der Waals surface area contributed by atoms with Gasteiger partial charge in [0.05, 0.1) is 0 Å². The van der Waals surface area contributed by atoms with Crippen LogP contribution in [0.5, 0.6) is 0 Å². The van der Waals surface area contributed by atoms with E-state index in [1.54, 1.807) is 24.3 Å². The van der Waals surface area contributed by atoms with Crippen molar-refractivity contribution in [1.82, 2.24) is 15.1 Å². The summed E-state index contributed by atoms with van der Waals surface area (Å²) in [5.74, 6) is 0.427. The van der Waals surface area contributed by atoms with E-state index in [-0.39, 0.29) is 11.6 Å². The highest BCUT2D eigenvalue weighted by molar-refractivity contribution is 6.35. The Labute approximate surface area is 150 Å². The molecule has 1 aliphatic heterocycles. The average molecular weight is 366 g/mol. The van der Waals surface area contributed by atoms with Crippen LogP contribution in [0.25, 0.3) is 0 Å². The summed E-state index contributed by atoms with van der Waals surface area (Å²) in [6.45, 7) is 3.77. The first-order chi connectivity index (χ1) is 11.5. The molecule has 1 saturated heterocycles. The fourth-order valence-electron chi connectivity index (χ4n) is 2.47. The number of aromatic nitrogens is 2. The molecule has 24 heavy (non-hydrogen) atoms. The predicted molar refractivity (Wildman–Crippen MR) is 96.2 cm³/mol. The first kappa shape index (κ1) is 17.0. The summed E-state index contributed by atoms with van der Waals surface area (Å²) >= 11 is 11.8. The van der Waals surface area contributed by atoms with E-state index in [4.69, 9.17) is 23.2 Å². The number of hydrogen-bond donors (Lipinski definition) is 1. The van der Waals surface area contributed by atoms with E-state index in [1.807, 2.05) is 6.07 Å². The number of halogens is 2. The fraction of sp³-hybridized carbons (Fsp3) is 0.312. The molecule has 0 aliphatic carbocycles. The number of likely N-dealkylation sites (N-methyl/N-ethyl adjacent to an activating group) is 1. The average Bonchev–Trinajstić information content (AvgIpc) is 2.55. The van der Waals surface area contributed by atoms with Crippen LogP contribution in [0.3, 0.4) is 0 Å². The minimum absolute atomic E-state index is 0.240. The van der Waals surface area contributed by atoms with Crippen LogP contribution >= 0.6 is 23.2 Å². The van der Waals surface area contributed by atoms with E-state index in [9.17, 15) is 4.79 Å². The maximum Gasteiger partial charge on any atom is 0.276 e. The number of amides is 1. The zero-order valence-corrected chi connectivity index (χ0v) is 14.7. The Morgan fingerprint density at radius 2 is 1.71 bits per heavy atom. The Bertz CT molecular complexity index is 709. The molecule has 1 aromatic heterocycles. The number of hydrogen-bond acceptors (Lipinski definition) is 5. The summed E-state index contributed by atoms with van der Waals surface area (Å²) in [6, 6.07) is 8.33. The second-order valence-electron chi connectivity index (χ2n) is 5.68. The Kier molecular flexibility index (Phi) is 5.18. The maximum absolute atomic E-state index is 12.2. The third-order valence-corrected chi connectivity index (χ3v) is 4.27. The molecule has 1 aromatic carbocycles. The van der Waals surface area contributed by atoms with Crippen LogP contribution in [0, 0.1) is 0 Å². The number of nitrogens with one attached hydrogen (secondary N) is 1. The van der Waals surface area contributed by atoms with Gasteiger partial charge in [-0.25, -0.2) is 0 Å². The van der Waals surface area contributed by atoms with Crippen LogP contribution < -0.4 is 10.2 Å². The zero-order valence-electron chi connectivity index (χ0n) is 13.2. The summed E-state index contributed by atoms with van der Waals surface area (Å²) < 4.78 is 0. The van der Waals surface area contributed by atoms with Crippen molar-refractivity contribution in [1.29, 1.82) is 0 Å². The van der Waals surface area contributed by atoms with E-state index >= 15 is 0 Å². The Balaban J connectivity index is 1.67. The van der Waals surface area contributed by atoms with Gasteiger partial charge in [0.15, 0.2) is 11.5 Å². The SMILES string of the molecule is CN1CCN(c2ccc(C(=O)Nc3cc(Cl)cc(Cl)c3)nn2)CC1. The molecule has 0 spiro atoms. The molecule has 0 unspecified atom stereocenters. The van der Waals surface area contributed by atoms with Crippen molar-refractivity contribution in [3.63, 3.8) is 0 Å². The summed E-state index contributed by atoms with van der Waals surface area (Å²) in [5, 5.41) is 11.8. The zero-order chi connectivity index (χ0) is 17.1. The van der Waals surface area contributed by atoms with Crippen molar-refractivity contribution in [2.75, 3.05) is 43.4 Å². The van der Waals surface area contributed by atoms with Crippen molar-refractivity contribution in [3.05, 3.63) is 46.1 Å². The number of benzene rings is 1. The first-order valence-corrected chi connectivity index (χ1v) is 8.31. The molecule has 0 saturated carbocycles. The molecule has 2 aromatic rings. The maximum atomic E-state index is 12.2. The normalized spacial score (nSPS) is 15.4. The molecular weight excluding hydrogens is 349 g/mol. The molecule has 1 N–H and O–H groups in total. The van der Waals surface area contributed by atoms with Crippen LogP contribution in [0.15, 0.2) is 30.3 Å². The lowest BCUT2D eigenvalue weighted by molar-refractivity contribution is 0.102. The number of nitrogens with zero attached hydrogens (tertiary/aromatic N) is 4. The molecule has 0 radical (unpaired) electrons. The highest BCUT2D eigenvalue weighted by atomic mass is 35.5. The summed E-state index contributed by atoms with van der Waals surface area (Å²) in [6.07, 6.45) is 0. The quantitative estimate of drug-likeness (QED) is 0.905. The lowest BCUT2D eigenvalue weighted by atomic mass is 10.3. The Morgan fingerprint density at radius 3 is 2.29 bits per heavy atom. The minimum Gasteiger partial charge on any atom is -0.353 e. The van der Waals surface area contributed by atoms with Crippen LogP contribution in [0.1, 0.15) is 10.5 Å². The van der Waals surface area contributed by atoms with E-state index < -0.39 is 0 Å². The predicted octanol–water partition coefficient (Wildman–Crippen LogP) is 2.79. The van der Waals surface area contributed by atoms with Gasteiger partial charge in [0.25, 0.3) is 5.91 Å². The lowest BCUT2D eigenvalue weighted by Crippen LogP contribution is -2.44. The van der Waals surface area contributed by atoms with Crippen molar-refractivity contribution >= 4 is 40.6 Å². The van der Waals surface area contributed by atoms with Crippen molar-refractivity contribution < 1.29 is 4.79 Å². The molecule has 0 atom stereocenters. The first-order valence-electron chi connectivity index (χ1n) is 7.56. The van der Waals surface area contributed by atoms with Crippen LogP contribution in [-0.2, 0) is 0 Å². The van der Waals surface area contributed by atoms with Gasteiger partial charge < -0.3 is 15.1 Å². The second kappa shape index (κ2) is 7.34. The van der Waals surface area contributed by atoms with Gasteiger partial charge in [-0.2, -0.15) is 0 Å². The molecule has 0 bridgehead atoms. The molecule has 1 aliphatic rings. The van der Waals surface area contributed by atoms with Crippen molar-refractivity contribution in [3.8, 4) is 0 Å². The highest BCUT2D eigenvalue weighted by Crippen LogP contribution is 2.23. The van der Waals surface area contributed by atoms with Gasteiger partial charge in [0, 0.05) is 41.9 Å². The number of carbonyl (C=O) groups excluding carboxylic acids is 1. The van der Waals surface area contributed by atoms with Crippen LogP contribution in [0.2, 0.25) is 10.0 Å². The van der Waals surface area contributed by atoms with Gasteiger partial charge in [-0.05, 0) is 37.4 Å². The summed E-state index contributed by atoms with van der Waals surface area (Å²) in [7, 11) is 2.10. The molecule has 126 valence electrons. The monoisotopic (exact) mass is 365 g/mol. The van der Waals surface area contributed by atoms with Crippen molar-refractivity contribution in [2.45, 2.75) is 0 Å². The highest BCUT2D eigenvalue weighted by Gasteiger charge is 2.16. The summed E-state index contributed by atoms with van der Waals surface area (Å²) in [5.41, 5.74) is 0.756. The Hall–Kier alpha value is -1.89. The van der Waals surface area contributed by atoms with Crippen molar-refractivity contribution in [2.24, 2.45) is 0 Å². The number of carbonyl (C=O) groups is 1. The third-order valence-electron chi connectivity index (χ3n) is 3.83. The van der Waals surface area contributed by atoms with Gasteiger partial charge in [0.2, 0.25) is 0 Å². The smallest absolute Gasteiger partial charge is 0.276 e.